The SMILES string of the molecule is Cc1ccc(=O)n(CC2(O)C[C@H]3CC[C@H](C2)N3Cc2ccsc2)n1. The second-order valence-corrected chi connectivity index (χ2v) is 8.07. The number of hydrogen-bond donors (Lipinski definition) is 1. The maximum absolute atomic E-state index is 12.0. The predicted octanol–water partition coefficient (Wildman–Crippen LogP) is 2.17. The lowest BCUT2D eigenvalue weighted by molar-refractivity contribution is -0.0677. The van der Waals surface area contributed by atoms with Gasteiger partial charge in [-0.25, -0.2) is 4.68 Å². The van der Waals surface area contributed by atoms with E-state index in [0.29, 0.717) is 18.6 Å². The molecule has 0 unspecified atom stereocenters. The number of aromatic nitrogens is 2. The Kier molecular flexibility index (Phi) is 4.06. The quantitative estimate of drug-likeness (QED) is 0.923. The maximum atomic E-state index is 12.0. The van der Waals surface area contributed by atoms with Crippen LogP contribution >= 0.6 is 11.3 Å². The molecule has 6 heteroatoms. The predicted molar refractivity (Wildman–Crippen MR) is 94.1 cm³/mol. The zero-order chi connectivity index (χ0) is 16.7. The Morgan fingerprint density at radius 1 is 1.29 bits per heavy atom. The maximum Gasteiger partial charge on any atom is 0.266 e. The summed E-state index contributed by atoms with van der Waals surface area (Å²) in [4.78, 5) is 14.6. The fourth-order valence-corrected chi connectivity index (χ4v) is 5.00. The summed E-state index contributed by atoms with van der Waals surface area (Å²) in [6, 6.07) is 6.23. The molecule has 2 bridgehead atoms. The molecule has 2 aromatic rings. The largest absolute Gasteiger partial charge is 0.388 e. The summed E-state index contributed by atoms with van der Waals surface area (Å²) in [6.45, 7) is 3.14. The second kappa shape index (κ2) is 6.10. The van der Waals surface area contributed by atoms with Gasteiger partial charge in [0.25, 0.3) is 5.56 Å². The zero-order valence-electron chi connectivity index (χ0n) is 13.9. The minimum atomic E-state index is -0.832. The van der Waals surface area contributed by atoms with Gasteiger partial charge in [0.15, 0.2) is 0 Å². The number of nitrogens with zero attached hydrogens (tertiary/aromatic N) is 3. The van der Waals surface area contributed by atoms with Crippen molar-refractivity contribution in [3.63, 3.8) is 0 Å². The average Bonchev–Trinajstić information content (AvgIpc) is 3.12. The molecule has 0 aliphatic carbocycles. The first-order valence-corrected chi connectivity index (χ1v) is 9.51. The first-order chi connectivity index (χ1) is 11.5. The molecule has 4 rings (SSSR count). The number of piperidine rings is 1. The molecular formula is C18H23N3O2S. The van der Waals surface area contributed by atoms with Gasteiger partial charge in [-0.2, -0.15) is 16.4 Å². The van der Waals surface area contributed by atoms with E-state index in [2.05, 4.69) is 26.8 Å². The van der Waals surface area contributed by atoms with Crippen LogP contribution in [0.15, 0.2) is 33.8 Å². The molecule has 0 saturated carbocycles. The van der Waals surface area contributed by atoms with E-state index in [1.54, 1.807) is 17.4 Å². The van der Waals surface area contributed by atoms with Crippen LogP contribution in [-0.2, 0) is 13.1 Å². The lowest BCUT2D eigenvalue weighted by Gasteiger charge is -2.43. The van der Waals surface area contributed by atoms with Gasteiger partial charge in [0, 0.05) is 24.7 Å². The Labute approximate surface area is 145 Å². The molecule has 1 N–H and O–H groups in total. The molecule has 2 atom stereocenters. The highest BCUT2D eigenvalue weighted by Gasteiger charge is 2.47. The van der Waals surface area contributed by atoms with Gasteiger partial charge in [-0.1, -0.05) is 0 Å². The van der Waals surface area contributed by atoms with Gasteiger partial charge in [-0.3, -0.25) is 9.69 Å². The van der Waals surface area contributed by atoms with Crippen molar-refractivity contribution in [3.8, 4) is 0 Å². The minimum Gasteiger partial charge on any atom is -0.388 e. The van der Waals surface area contributed by atoms with Crippen molar-refractivity contribution >= 4 is 11.3 Å². The molecule has 0 amide bonds. The fourth-order valence-electron chi connectivity index (χ4n) is 4.34. The monoisotopic (exact) mass is 345 g/mol. The average molecular weight is 345 g/mol. The third-order valence-corrected chi connectivity index (χ3v) is 6.12. The fraction of sp³-hybridized carbons (Fsp3) is 0.556. The standard InChI is InChI=1S/C18H23N3O2S/c1-13-2-5-17(22)21(19-13)12-18(23)8-15-3-4-16(9-18)20(15)10-14-6-7-24-11-14/h2,5-7,11,15-16,23H,3-4,8-10,12H2,1H3/t15-,16-/m1/s1. The molecule has 128 valence electrons. The van der Waals surface area contributed by atoms with Crippen molar-refractivity contribution in [2.45, 2.75) is 63.4 Å². The highest BCUT2D eigenvalue weighted by atomic mass is 32.1. The van der Waals surface area contributed by atoms with E-state index in [9.17, 15) is 9.90 Å². The van der Waals surface area contributed by atoms with E-state index in [-0.39, 0.29) is 5.56 Å². The molecule has 5 nitrogen and oxygen atoms in total. The lowest BCUT2D eigenvalue weighted by Crippen LogP contribution is -2.53. The molecule has 24 heavy (non-hydrogen) atoms. The molecule has 0 aromatic carbocycles. The van der Waals surface area contributed by atoms with Gasteiger partial charge in [0.2, 0.25) is 0 Å². The smallest absolute Gasteiger partial charge is 0.266 e. The van der Waals surface area contributed by atoms with Gasteiger partial charge in [0.1, 0.15) is 0 Å². The molecule has 4 heterocycles. The molecule has 2 aromatic heterocycles. The molecule has 2 fully saturated rings. The van der Waals surface area contributed by atoms with Gasteiger partial charge < -0.3 is 5.11 Å². The zero-order valence-corrected chi connectivity index (χ0v) is 14.7. The third-order valence-electron chi connectivity index (χ3n) is 5.39. The van der Waals surface area contributed by atoms with Gasteiger partial charge in [0.05, 0.1) is 17.8 Å². The van der Waals surface area contributed by atoms with Gasteiger partial charge in [-0.15, -0.1) is 0 Å². The summed E-state index contributed by atoms with van der Waals surface area (Å²) in [5.74, 6) is 0. The van der Waals surface area contributed by atoms with E-state index in [4.69, 9.17) is 0 Å². The Morgan fingerprint density at radius 3 is 2.71 bits per heavy atom. The summed E-state index contributed by atoms with van der Waals surface area (Å²) in [5, 5.41) is 19.8. The molecule has 0 spiro atoms. The number of thiophene rings is 1. The summed E-state index contributed by atoms with van der Waals surface area (Å²) in [7, 11) is 0. The second-order valence-electron chi connectivity index (χ2n) is 7.29. The topological polar surface area (TPSA) is 58.4 Å². The molecule has 2 aliphatic heterocycles. The van der Waals surface area contributed by atoms with Crippen molar-refractivity contribution in [2.75, 3.05) is 0 Å². The lowest BCUT2D eigenvalue weighted by atomic mass is 9.85. The highest BCUT2D eigenvalue weighted by Crippen LogP contribution is 2.42. The van der Waals surface area contributed by atoms with E-state index < -0.39 is 5.60 Å². The van der Waals surface area contributed by atoms with Gasteiger partial charge >= 0.3 is 0 Å². The van der Waals surface area contributed by atoms with Crippen molar-refractivity contribution in [2.24, 2.45) is 0 Å². The van der Waals surface area contributed by atoms with Crippen molar-refractivity contribution in [1.29, 1.82) is 0 Å². The van der Waals surface area contributed by atoms with Crippen LogP contribution < -0.4 is 5.56 Å². The van der Waals surface area contributed by atoms with Crippen molar-refractivity contribution in [3.05, 3.63) is 50.6 Å². The Bertz CT molecular complexity index is 757. The summed E-state index contributed by atoms with van der Waals surface area (Å²) in [5.41, 5.74) is 1.19. The summed E-state index contributed by atoms with van der Waals surface area (Å²) >= 11 is 1.73. The Balaban J connectivity index is 1.51. The number of aryl methyl sites for hydroxylation is 1. The van der Waals surface area contributed by atoms with Gasteiger partial charge in [-0.05, 0) is 61.1 Å². The summed E-state index contributed by atoms with van der Waals surface area (Å²) in [6.07, 6.45) is 3.70. The Hall–Kier alpha value is -1.50. The number of rotatable bonds is 4. The van der Waals surface area contributed by atoms with Crippen LogP contribution in [0.2, 0.25) is 0 Å². The van der Waals surface area contributed by atoms with Crippen LogP contribution in [0.3, 0.4) is 0 Å². The van der Waals surface area contributed by atoms with Crippen LogP contribution in [-0.4, -0.2) is 37.5 Å². The molecule has 0 radical (unpaired) electrons. The molecular weight excluding hydrogens is 322 g/mol. The van der Waals surface area contributed by atoms with Crippen LogP contribution in [0.4, 0.5) is 0 Å². The molecule has 2 aliphatic rings. The third kappa shape index (κ3) is 3.06. The summed E-state index contributed by atoms with van der Waals surface area (Å²) < 4.78 is 1.43. The van der Waals surface area contributed by atoms with Crippen LogP contribution in [0.1, 0.15) is 36.9 Å². The highest BCUT2D eigenvalue weighted by molar-refractivity contribution is 7.07. The first-order valence-electron chi connectivity index (χ1n) is 8.56. The van der Waals surface area contributed by atoms with E-state index in [0.717, 1.165) is 37.9 Å². The Morgan fingerprint density at radius 2 is 2.04 bits per heavy atom. The van der Waals surface area contributed by atoms with Crippen molar-refractivity contribution < 1.29 is 5.11 Å². The van der Waals surface area contributed by atoms with E-state index in [1.807, 2.05) is 6.92 Å². The van der Waals surface area contributed by atoms with Crippen LogP contribution in [0, 0.1) is 6.92 Å². The van der Waals surface area contributed by atoms with Crippen LogP contribution in [0.5, 0.6) is 0 Å². The van der Waals surface area contributed by atoms with E-state index in [1.165, 1.54) is 16.3 Å². The normalized spacial score (nSPS) is 29.9. The number of fused-ring (bicyclic) bond motifs is 2. The van der Waals surface area contributed by atoms with Crippen molar-refractivity contribution in [1.82, 2.24) is 14.7 Å². The number of hydrogen-bond acceptors (Lipinski definition) is 5. The first kappa shape index (κ1) is 16.0. The number of aliphatic hydroxyl groups is 1. The van der Waals surface area contributed by atoms with E-state index >= 15 is 0 Å². The molecule has 2 saturated heterocycles. The minimum absolute atomic E-state index is 0.137. The van der Waals surface area contributed by atoms with Crippen LogP contribution in [0.25, 0.3) is 0 Å².